The van der Waals surface area contributed by atoms with E-state index >= 15 is 0 Å². The van der Waals surface area contributed by atoms with Gasteiger partial charge in [-0.25, -0.2) is 4.98 Å². The monoisotopic (exact) mass is 680 g/mol. The summed E-state index contributed by atoms with van der Waals surface area (Å²) in [6.45, 7) is 4.66. The average Bonchev–Trinajstić information content (AvgIpc) is 3.83. The van der Waals surface area contributed by atoms with E-state index in [2.05, 4.69) is 152 Å². The Kier molecular flexibility index (Phi) is 6.23. The third kappa shape index (κ3) is 4.34. The Morgan fingerprint density at radius 3 is 1.98 bits per heavy atom. The number of nitrogens with zero attached hydrogens (tertiary/aromatic N) is 4. The fraction of sp³-hybridized carbons (Fsp3) is 0.0625. The fourth-order valence-corrected chi connectivity index (χ4v) is 8.61. The minimum atomic E-state index is -0.236. The summed E-state index contributed by atoms with van der Waals surface area (Å²) in [6.07, 6.45) is 0. The molecule has 0 saturated heterocycles. The predicted molar refractivity (Wildman–Crippen MR) is 215 cm³/mol. The van der Waals surface area contributed by atoms with E-state index in [0.29, 0.717) is 17.6 Å². The first-order valence-corrected chi connectivity index (χ1v) is 18.0. The van der Waals surface area contributed by atoms with Gasteiger partial charge in [-0.05, 0) is 46.0 Å². The van der Waals surface area contributed by atoms with E-state index in [4.69, 9.17) is 19.4 Å². The zero-order valence-corrected chi connectivity index (χ0v) is 29.2. The highest BCUT2D eigenvalue weighted by Gasteiger charge is 2.38. The Morgan fingerprint density at radius 1 is 0.491 bits per heavy atom. The Bertz CT molecular complexity index is 3080. The molecule has 0 amide bonds. The van der Waals surface area contributed by atoms with Gasteiger partial charge in [0.1, 0.15) is 11.2 Å². The molecule has 0 radical (unpaired) electrons. The molecule has 3 aromatic heterocycles. The van der Waals surface area contributed by atoms with Crippen molar-refractivity contribution in [2.45, 2.75) is 19.3 Å². The summed E-state index contributed by atoms with van der Waals surface area (Å²) in [5, 5.41) is 4.48. The quantitative estimate of drug-likeness (QED) is 0.186. The van der Waals surface area contributed by atoms with Crippen LogP contribution in [0.15, 0.2) is 162 Å². The number of fused-ring (bicyclic) bond motifs is 10. The van der Waals surface area contributed by atoms with Crippen LogP contribution in [0.4, 0.5) is 0 Å². The maximum absolute atomic E-state index is 6.66. The molecule has 1 aliphatic carbocycles. The van der Waals surface area contributed by atoms with Gasteiger partial charge in [-0.2, -0.15) is 9.97 Å². The Labute approximate surface area is 305 Å². The van der Waals surface area contributed by atoms with Crippen LogP contribution < -0.4 is 0 Å². The highest BCUT2D eigenvalue weighted by Crippen LogP contribution is 2.52. The normalized spacial score (nSPS) is 13.2. The van der Waals surface area contributed by atoms with Crippen LogP contribution in [-0.2, 0) is 5.41 Å². The van der Waals surface area contributed by atoms with Crippen molar-refractivity contribution in [3.8, 4) is 51.0 Å². The van der Waals surface area contributed by atoms with Crippen molar-refractivity contribution in [1.29, 1.82) is 0 Å². The van der Waals surface area contributed by atoms with Crippen molar-refractivity contribution in [3.63, 3.8) is 0 Å². The van der Waals surface area contributed by atoms with E-state index in [1.165, 1.54) is 27.6 Å². The summed E-state index contributed by atoms with van der Waals surface area (Å²) < 4.78 is 8.92. The van der Waals surface area contributed by atoms with Gasteiger partial charge in [0.25, 0.3) is 0 Å². The molecule has 11 rings (SSSR count). The molecule has 0 saturated carbocycles. The van der Waals surface area contributed by atoms with Crippen LogP contribution in [0.25, 0.3) is 94.7 Å². The highest BCUT2D eigenvalue weighted by atomic mass is 16.3. The molecule has 250 valence electrons. The molecule has 0 spiro atoms. The highest BCUT2D eigenvalue weighted by molar-refractivity contribution is 6.13. The maximum Gasteiger partial charge on any atom is 0.238 e. The second kappa shape index (κ2) is 11.1. The fourth-order valence-electron chi connectivity index (χ4n) is 8.61. The molecule has 5 heteroatoms. The molecular formula is C48H32N4O. The lowest BCUT2D eigenvalue weighted by Gasteiger charge is -2.23. The zero-order chi connectivity index (χ0) is 35.3. The summed E-state index contributed by atoms with van der Waals surface area (Å²) in [6, 6.07) is 55.1. The molecule has 0 unspecified atom stereocenters. The lowest BCUT2D eigenvalue weighted by molar-refractivity contribution is 0.663. The number of benzene rings is 7. The van der Waals surface area contributed by atoms with Crippen molar-refractivity contribution >= 4 is 43.7 Å². The van der Waals surface area contributed by atoms with Gasteiger partial charge in [0, 0.05) is 43.7 Å². The molecule has 0 bridgehead atoms. The van der Waals surface area contributed by atoms with Gasteiger partial charge in [-0.3, -0.25) is 4.57 Å². The molecule has 0 N–H and O–H groups in total. The largest absolute Gasteiger partial charge is 0.455 e. The van der Waals surface area contributed by atoms with Crippen molar-refractivity contribution in [3.05, 3.63) is 169 Å². The van der Waals surface area contributed by atoms with Gasteiger partial charge in [-0.1, -0.05) is 153 Å². The average molecular weight is 681 g/mol. The number of aromatic nitrogens is 4. The van der Waals surface area contributed by atoms with Crippen LogP contribution in [0.2, 0.25) is 0 Å². The molecule has 7 aromatic carbocycles. The van der Waals surface area contributed by atoms with Gasteiger partial charge < -0.3 is 4.42 Å². The van der Waals surface area contributed by atoms with Crippen LogP contribution in [0.3, 0.4) is 0 Å². The zero-order valence-electron chi connectivity index (χ0n) is 29.2. The number of furan rings is 1. The van der Waals surface area contributed by atoms with Gasteiger partial charge in [0.15, 0.2) is 11.6 Å². The first-order chi connectivity index (χ1) is 26.0. The molecule has 0 fully saturated rings. The van der Waals surface area contributed by atoms with E-state index in [0.717, 1.165) is 60.6 Å². The first-order valence-electron chi connectivity index (χ1n) is 18.0. The van der Waals surface area contributed by atoms with Crippen molar-refractivity contribution in [1.82, 2.24) is 19.5 Å². The molecule has 10 aromatic rings. The number of rotatable bonds is 4. The lowest BCUT2D eigenvalue weighted by Crippen LogP contribution is -2.17. The second-order valence-electron chi connectivity index (χ2n) is 14.4. The van der Waals surface area contributed by atoms with Gasteiger partial charge in [0.05, 0.1) is 11.0 Å². The first kappa shape index (κ1) is 29.8. The van der Waals surface area contributed by atoms with Crippen molar-refractivity contribution in [2.75, 3.05) is 0 Å². The van der Waals surface area contributed by atoms with Crippen LogP contribution in [-0.4, -0.2) is 19.5 Å². The summed E-state index contributed by atoms with van der Waals surface area (Å²) in [5.41, 5.74) is 12.7. The Morgan fingerprint density at radius 2 is 1.15 bits per heavy atom. The molecular weight excluding hydrogens is 649 g/mol. The number of para-hydroxylation sites is 2. The molecule has 5 nitrogen and oxygen atoms in total. The number of hydrogen-bond donors (Lipinski definition) is 0. The predicted octanol–water partition coefficient (Wildman–Crippen LogP) is 12.2. The summed E-state index contributed by atoms with van der Waals surface area (Å²) in [5.74, 6) is 1.78. The van der Waals surface area contributed by atoms with Crippen molar-refractivity contribution in [2.24, 2.45) is 0 Å². The van der Waals surface area contributed by atoms with E-state index in [9.17, 15) is 0 Å². The van der Waals surface area contributed by atoms with E-state index in [1.807, 2.05) is 24.3 Å². The SMILES string of the molecule is CC1(C)c2ccccc2-c2ccc3c4ccccc4n(-c4nc(-c5ccccc5)nc(-c5ccc6c(c5)oc5c(-c7ccccc7)cccc56)n4)c3c21. The topological polar surface area (TPSA) is 56.7 Å². The third-order valence-corrected chi connectivity index (χ3v) is 11.0. The Hall–Kier alpha value is -6.85. The summed E-state index contributed by atoms with van der Waals surface area (Å²) in [4.78, 5) is 15.7. The smallest absolute Gasteiger partial charge is 0.238 e. The van der Waals surface area contributed by atoms with Gasteiger partial charge in [-0.15, -0.1) is 0 Å². The van der Waals surface area contributed by atoms with E-state index in [-0.39, 0.29) is 5.41 Å². The van der Waals surface area contributed by atoms with Crippen LogP contribution >= 0.6 is 0 Å². The molecule has 1 aliphatic rings. The summed E-state index contributed by atoms with van der Waals surface area (Å²) in [7, 11) is 0. The Balaban J connectivity index is 1.18. The van der Waals surface area contributed by atoms with E-state index < -0.39 is 0 Å². The molecule has 0 atom stereocenters. The standard InChI is InChI=1S/C48H32N4O/c1-48(2)39-22-11-9-18-33(39)36-26-27-37-34-19-10-12-23-40(34)52(43(37)42(36)48)47-50-45(30-16-7-4-8-17-30)49-46(51-47)31-24-25-35-38-21-13-20-32(29-14-5-3-6-15-29)44(38)53-41(35)28-31/h3-28H,1-2H3. The van der Waals surface area contributed by atoms with Gasteiger partial charge in [0.2, 0.25) is 5.95 Å². The summed E-state index contributed by atoms with van der Waals surface area (Å²) >= 11 is 0. The van der Waals surface area contributed by atoms with Crippen LogP contribution in [0.1, 0.15) is 25.0 Å². The number of hydrogen-bond acceptors (Lipinski definition) is 4. The molecule has 0 aliphatic heterocycles. The molecule has 53 heavy (non-hydrogen) atoms. The van der Waals surface area contributed by atoms with Gasteiger partial charge >= 0.3 is 0 Å². The third-order valence-electron chi connectivity index (χ3n) is 11.0. The van der Waals surface area contributed by atoms with E-state index in [1.54, 1.807) is 0 Å². The second-order valence-corrected chi connectivity index (χ2v) is 14.4. The lowest BCUT2D eigenvalue weighted by atomic mass is 9.81. The minimum absolute atomic E-state index is 0.236. The minimum Gasteiger partial charge on any atom is -0.455 e. The maximum atomic E-state index is 6.66. The van der Waals surface area contributed by atoms with Crippen molar-refractivity contribution < 1.29 is 4.42 Å². The van der Waals surface area contributed by atoms with Crippen LogP contribution in [0.5, 0.6) is 0 Å². The molecule has 3 heterocycles. The van der Waals surface area contributed by atoms with Crippen LogP contribution in [0, 0.1) is 0 Å².